The van der Waals surface area contributed by atoms with E-state index in [4.69, 9.17) is 4.42 Å². The molecule has 268 valence electrons. The zero-order valence-corrected chi connectivity index (χ0v) is 31.1. The molecule has 0 aliphatic rings. The zero-order valence-electron chi connectivity index (χ0n) is 31.1. The molecule has 0 saturated carbocycles. The van der Waals surface area contributed by atoms with Crippen LogP contribution in [0.1, 0.15) is 0 Å². The molecule has 0 saturated heterocycles. The summed E-state index contributed by atoms with van der Waals surface area (Å²) >= 11 is 0. The average Bonchev–Trinajstić information content (AvgIpc) is 3.84. The van der Waals surface area contributed by atoms with E-state index in [-0.39, 0.29) is 0 Å². The standard InChI is InChI=1S/C54H36N2O/c1-3-17-37(18-4-1)38-19-15-20-39(35-38)40-21-16-24-42(36-40)55(41-22-5-2-6-23-41)51-34-33-46(54-53(51)47-28-10-14-32-52(47)57-54)45-27-9-13-31-50(45)56-48-29-11-7-25-43(48)44-26-8-12-30-49(44)56/h1-36H. The van der Waals surface area contributed by atoms with Gasteiger partial charge in [-0.25, -0.2) is 0 Å². The number of rotatable bonds is 7. The second kappa shape index (κ2) is 13.6. The van der Waals surface area contributed by atoms with Crippen molar-refractivity contribution in [3.63, 3.8) is 0 Å². The number of hydrogen-bond donors (Lipinski definition) is 0. The first-order chi connectivity index (χ1) is 28.3. The molecule has 0 bridgehead atoms. The highest BCUT2D eigenvalue weighted by Crippen LogP contribution is 2.48. The summed E-state index contributed by atoms with van der Waals surface area (Å²) in [4.78, 5) is 2.37. The highest BCUT2D eigenvalue weighted by atomic mass is 16.3. The maximum absolute atomic E-state index is 6.96. The van der Waals surface area contributed by atoms with Crippen LogP contribution < -0.4 is 4.90 Å². The molecule has 0 unspecified atom stereocenters. The molecule has 3 nitrogen and oxygen atoms in total. The van der Waals surface area contributed by atoms with Crippen molar-refractivity contribution in [2.24, 2.45) is 0 Å². The summed E-state index contributed by atoms with van der Waals surface area (Å²) < 4.78 is 9.36. The number of nitrogens with zero attached hydrogens (tertiary/aromatic N) is 2. The topological polar surface area (TPSA) is 21.3 Å². The minimum atomic E-state index is 0.856. The Hall–Kier alpha value is -7.62. The molecule has 0 aliphatic heterocycles. The largest absolute Gasteiger partial charge is 0.455 e. The van der Waals surface area contributed by atoms with Crippen LogP contribution in [0.3, 0.4) is 0 Å². The Morgan fingerprint density at radius 2 is 0.912 bits per heavy atom. The molecule has 0 N–H and O–H groups in total. The Labute approximate surface area is 330 Å². The van der Waals surface area contributed by atoms with E-state index in [1.807, 2.05) is 0 Å². The number of fused-ring (bicyclic) bond motifs is 6. The summed E-state index contributed by atoms with van der Waals surface area (Å²) in [6.07, 6.45) is 0. The van der Waals surface area contributed by atoms with Gasteiger partial charge in [0.2, 0.25) is 0 Å². The lowest BCUT2D eigenvalue weighted by Gasteiger charge is -2.27. The van der Waals surface area contributed by atoms with Crippen LogP contribution in [0, 0.1) is 0 Å². The first-order valence-electron chi connectivity index (χ1n) is 19.4. The molecular formula is C54H36N2O. The van der Waals surface area contributed by atoms with E-state index in [0.717, 1.165) is 61.4 Å². The maximum atomic E-state index is 6.96. The molecule has 11 aromatic rings. The van der Waals surface area contributed by atoms with Crippen molar-refractivity contribution in [3.8, 4) is 39.1 Å². The Bertz CT molecular complexity index is 3190. The van der Waals surface area contributed by atoms with E-state index >= 15 is 0 Å². The second-order valence-electron chi connectivity index (χ2n) is 14.5. The predicted octanol–water partition coefficient (Wildman–Crippen LogP) is 15.2. The molecule has 2 aromatic heterocycles. The molecule has 0 atom stereocenters. The van der Waals surface area contributed by atoms with Crippen LogP contribution in [0.5, 0.6) is 0 Å². The number of hydrogen-bond acceptors (Lipinski definition) is 2. The lowest BCUT2D eigenvalue weighted by molar-refractivity contribution is 0.670. The molecule has 11 rings (SSSR count). The fourth-order valence-electron chi connectivity index (χ4n) is 8.63. The number of anilines is 3. The highest BCUT2D eigenvalue weighted by Gasteiger charge is 2.24. The van der Waals surface area contributed by atoms with E-state index in [2.05, 4.69) is 228 Å². The zero-order chi connectivity index (χ0) is 37.7. The van der Waals surface area contributed by atoms with Gasteiger partial charge in [0.25, 0.3) is 0 Å². The maximum Gasteiger partial charge on any atom is 0.145 e. The fourth-order valence-corrected chi connectivity index (χ4v) is 8.63. The van der Waals surface area contributed by atoms with Crippen molar-refractivity contribution in [1.82, 2.24) is 4.57 Å². The number of aromatic nitrogens is 1. The van der Waals surface area contributed by atoms with Crippen molar-refractivity contribution in [2.45, 2.75) is 0 Å². The van der Waals surface area contributed by atoms with Crippen LogP contribution in [0.25, 0.3) is 82.8 Å². The van der Waals surface area contributed by atoms with Gasteiger partial charge < -0.3 is 13.9 Å². The van der Waals surface area contributed by atoms with Crippen LogP contribution in [0.4, 0.5) is 17.1 Å². The average molecular weight is 729 g/mol. The first-order valence-corrected chi connectivity index (χ1v) is 19.4. The SMILES string of the molecule is c1ccc(-c2cccc(-c3cccc(N(c4ccccc4)c4ccc(-c5ccccc5-n5c6ccccc6c6ccccc65)c5oc6ccccc6c45)c3)c2)cc1. The predicted molar refractivity (Wildman–Crippen MR) is 239 cm³/mol. The van der Waals surface area contributed by atoms with Gasteiger partial charge in [-0.1, -0.05) is 152 Å². The molecule has 0 fully saturated rings. The normalized spacial score (nSPS) is 11.5. The van der Waals surface area contributed by atoms with Gasteiger partial charge in [-0.3, -0.25) is 0 Å². The summed E-state index contributed by atoms with van der Waals surface area (Å²) in [7, 11) is 0. The van der Waals surface area contributed by atoms with Crippen molar-refractivity contribution in [3.05, 3.63) is 218 Å². The fraction of sp³-hybridized carbons (Fsp3) is 0. The molecule has 9 aromatic carbocycles. The van der Waals surface area contributed by atoms with E-state index in [1.165, 1.54) is 38.5 Å². The van der Waals surface area contributed by atoms with Crippen molar-refractivity contribution in [1.29, 1.82) is 0 Å². The minimum Gasteiger partial charge on any atom is -0.455 e. The Morgan fingerprint density at radius 1 is 0.368 bits per heavy atom. The molecule has 0 aliphatic carbocycles. The number of furan rings is 1. The smallest absolute Gasteiger partial charge is 0.145 e. The van der Waals surface area contributed by atoms with Crippen molar-refractivity contribution < 1.29 is 4.42 Å². The lowest BCUT2D eigenvalue weighted by atomic mass is 9.97. The van der Waals surface area contributed by atoms with Gasteiger partial charge in [0.15, 0.2) is 0 Å². The summed E-state index contributed by atoms with van der Waals surface area (Å²) in [5.74, 6) is 0. The molecule has 0 radical (unpaired) electrons. The highest BCUT2D eigenvalue weighted by molar-refractivity contribution is 6.18. The van der Waals surface area contributed by atoms with Crippen molar-refractivity contribution >= 4 is 60.8 Å². The van der Waals surface area contributed by atoms with Gasteiger partial charge in [0.05, 0.1) is 27.8 Å². The quantitative estimate of drug-likeness (QED) is 0.163. The van der Waals surface area contributed by atoms with Gasteiger partial charge >= 0.3 is 0 Å². The summed E-state index contributed by atoms with van der Waals surface area (Å²) in [5, 5.41) is 4.62. The van der Waals surface area contributed by atoms with E-state index in [9.17, 15) is 0 Å². The van der Waals surface area contributed by atoms with Crippen molar-refractivity contribution in [2.75, 3.05) is 4.90 Å². The molecule has 57 heavy (non-hydrogen) atoms. The van der Waals surface area contributed by atoms with E-state index in [0.29, 0.717) is 0 Å². The van der Waals surface area contributed by atoms with Crippen LogP contribution in [0.15, 0.2) is 223 Å². The van der Waals surface area contributed by atoms with E-state index < -0.39 is 0 Å². The van der Waals surface area contributed by atoms with Gasteiger partial charge in [-0.05, 0) is 89.0 Å². The minimum absolute atomic E-state index is 0.856. The van der Waals surface area contributed by atoms with Crippen LogP contribution in [-0.2, 0) is 0 Å². The Morgan fingerprint density at radius 3 is 1.67 bits per heavy atom. The third kappa shape index (κ3) is 5.51. The third-order valence-electron chi connectivity index (χ3n) is 11.2. The Balaban J connectivity index is 1.13. The summed E-state index contributed by atoms with van der Waals surface area (Å²) in [5.41, 5.74) is 15.2. The number of para-hydroxylation sites is 5. The monoisotopic (exact) mass is 728 g/mol. The third-order valence-corrected chi connectivity index (χ3v) is 11.2. The van der Waals surface area contributed by atoms with Gasteiger partial charge in [-0.2, -0.15) is 0 Å². The molecule has 3 heteroatoms. The van der Waals surface area contributed by atoms with Crippen LogP contribution >= 0.6 is 0 Å². The summed E-state index contributed by atoms with van der Waals surface area (Å²) in [6, 6.07) is 77.9. The van der Waals surface area contributed by atoms with Crippen LogP contribution in [0.2, 0.25) is 0 Å². The first kappa shape index (κ1) is 32.8. The molecule has 0 amide bonds. The Kier molecular flexibility index (Phi) is 7.82. The molecular weight excluding hydrogens is 693 g/mol. The van der Waals surface area contributed by atoms with E-state index in [1.54, 1.807) is 0 Å². The van der Waals surface area contributed by atoms with Gasteiger partial charge in [-0.15, -0.1) is 0 Å². The van der Waals surface area contributed by atoms with Gasteiger partial charge in [0, 0.05) is 38.7 Å². The molecule has 2 heterocycles. The molecule has 0 spiro atoms. The van der Waals surface area contributed by atoms with Crippen LogP contribution in [-0.4, -0.2) is 4.57 Å². The second-order valence-corrected chi connectivity index (χ2v) is 14.5. The summed E-state index contributed by atoms with van der Waals surface area (Å²) in [6.45, 7) is 0. The number of benzene rings is 9. The van der Waals surface area contributed by atoms with Gasteiger partial charge in [0.1, 0.15) is 11.2 Å². The lowest BCUT2D eigenvalue weighted by Crippen LogP contribution is -2.10.